The molecule has 0 N–H and O–H groups in total. The first-order chi connectivity index (χ1) is 7.22. The van der Waals surface area contributed by atoms with Gasteiger partial charge in [-0.1, -0.05) is 18.7 Å². The minimum absolute atomic E-state index is 0.249. The molecular formula is C13H14O2. The van der Waals surface area contributed by atoms with Gasteiger partial charge < -0.3 is 4.74 Å². The molecule has 0 heterocycles. The summed E-state index contributed by atoms with van der Waals surface area (Å²) < 4.78 is 5.34. The smallest absolute Gasteiger partial charge is 0.163 e. The Morgan fingerprint density at radius 1 is 1.47 bits per heavy atom. The van der Waals surface area contributed by atoms with Gasteiger partial charge in [0.25, 0.3) is 0 Å². The molecular weight excluding hydrogens is 188 g/mol. The highest BCUT2D eigenvalue weighted by Gasteiger charge is 2.19. The van der Waals surface area contributed by atoms with Gasteiger partial charge in [0.1, 0.15) is 5.76 Å². The number of carbonyl (C=O) groups excluding carboxylic acids is 1. The summed E-state index contributed by atoms with van der Waals surface area (Å²) in [6.07, 6.45) is 1.49. The van der Waals surface area contributed by atoms with Gasteiger partial charge in [0.15, 0.2) is 5.78 Å². The van der Waals surface area contributed by atoms with Gasteiger partial charge in [-0.15, -0.1) is 0 Å². The summed E-state index contributed by atoms with van der Waals surface area (Å²) >= 11 is 0. The maximum absolute atomic E-state index is 11.4. The minimum atomic E-state index is 0.249. The molecule has 15 heavy (non-hydrogen) atoms. The lowest BCUT2D eigenvalue weighted by Gasteiger charge is -2.08. The van der Waals surface area contributed by atoms with Crippen LogP contribution in [0.4, 0.5) is 0 Å². The van der Waals surface area contributed by atoms with Crippen LogP contribution in [0.1, 0.15) is 34.8 Å². The lowest BCUT2D eigenvalue weighted by molar-refractivity contribution is 0.0994. The predicted octanol–water partition coefficient (Wildman–Crippen LogP) is 2.82. The van der Waals surface area contributed by atoms with Crippen LogP contribution in [0.15, 0.2) is 24.8 Å². The third kappa shape index (κ3) is 1.80. The Morgan fingerprint density at radius 2 is 2.27 bits per heavy atom. The summed E-state index contributed by atoms with van der Waals surface area (Å²) in [4.78, 5) is 11.4. The Hall–Kier alpha value is -1.57. The van der Waals surface area contributed by atoms with Crippen molar-refractivity contribution in [3.8, 4) is 0 Å². The third-order valence-corrected chi connectivity index (χ3v) is 2.67. The van der Waals surface area contributed by atoms with Crippen LogP contribution < -0.4 is 0 Å². The molecule has 1 aromatic rings. The molecule has 2 heteroatoms. The van der Waals surface area contributed by atoms with Crippen molar-refractivity contribution in [2.24, 2.45) is 0 Å². The van der Waals surface area contributed by atoms with Crippen molar-refractivity contribution in [2.75, 3.05) is 6.61 Å². The molecule has 0 saturated carbocycles. The second-order valence-electron chi connectivity index (χ2n) is 3.65. The van der Waals surface area contributed by atoms with E-state index in [4.69, 9.17) is 4.74 Å². The first-order valence-electron chi connectivity index (χ1n) is 5.20. The highest BCUT2D eigenvalue weighted by Crippen LogP contribution is 2.25. The maximum Gasteiger partial charge on any atom is 0.163 e. The molecule has 0 radical (unpaired) electrons. The van der Waals surface area contributed by atoms with Crippen LogP contribution in [0.5, 0.6) is 0 Å². The van der Waals surface area contributed by atoms with E-state index >= 15 is 0 Å². The number of aryl methyl sites for hydroxylation is 1. The molecule has 78 valence electrons. The van der Waals surface area contributed by atoms with E-state index in [0.717, 1.165) is 23.1 Å². The van der Waals surface area contributed by atoms with E-state index < -0.39 is 0 Å². The number of Topliss-reactive ketones (excluding diaryl/α,β-unsaturated/α-hetero) is 1. The summed E-state index contributed by atoms with van der Waals surface area (Å²) in [6, 6.07) is 5.79. The Morgan fingerprint density at radius 3 is 3.00 bits per heavy atom. The van der Waals surface area contributed by atoms with Crippen molar-refractivity contribution < 1.29 is 9.53 Å². The van der Waals surface area contributed by atoms with Crippen LogP contribution in [0.25, 0.3) is 5.76 Å². The molecule has 0 unspecified atom stereocenters. The molecule has 0 bridgehead atoms. The molecule has 2 rings (SSSR count). The second-order valence-corrected chi connectivity index (χ2v) is 3.65. The lowest BCUT2D eigenvalue weighted by atomic mass is 10.1. The van der Waals surface area contributed by atoms with Crippen LogP contribution >= 0.6 is 0 Å². The molecule has 0 fully saturated rings. The van der Waals surface area contributed by atoms with Crippen molar-refractivity contribution in [3.05, 3.63) is 41.5 Å². The first kappa shape index (κ1) is 9.97. The fourth-order valence-electron chi connectivity index (χ4n) is 1.89. The largest absolute Gasteiger partial charge is 0.494 e. The molecule has 0 aromatic heterocycles. The van der Waals surface area contributed by atoms with Crippen LogP contribution in [0.2, 0.25) is 0 Å². The fourth-order valence-corrected chi connectivity index (χ4v) is 1.89. The van der Waals surface area contributed by atoms with Crippen LogP contribution in [0.3, 0.4) is 0 Å². The number of ether oxygens (including phenoxy) is 1. The zero-order valence-corrected chi connectivity index (χ0v) is 8.88. The normalized spacial score (nSPS) is 13.8. The molecule has 0 atom stereocenters. The van der Waals surface area contributed by atoms with E-state index in [1.807, 2.05) is 25.1 Å². The Labute approximate surface area is 89.6 Å². The number of carbonyl (C=O) groups is 1. The van der Waals surface area contributed by atoms with Crippen LogP contribution in [-0.2, 0) is 11.2 Å². The minimum Gasteiger partial charge on any atom is -0.494 e. The molecule has 2 nitrogen and oxygen atoms in total. The van der Waals surface area contributed by atoms with Gasteiger partial charge in [0.2, 0.25) is 0 Å². The van der Waals surface area contributed by atoms with Gasteiger partial charge in [-0.25, -0.2) is 0 Å². The number of hydrogen-bond acceptors (Lipinski definition) is 2. The Bertz CT molecular complexity index is 419. The Kier molecular flexibility index (Phi) is 2.58. The van der Waals surface area contributed by atoms with E-state index in [1.165, 1.54) is 0 Å². The zero-order valence-electron chi connectivity index (χ0n) is 8.88. The van der Waals surface area contributed by atoms with E-state index in [-0.39, 0.29) is 5.78 Å². The van der Waals surface area contributed by atoms with Gasteiger partial charge >= 0.3 is 0 Å². The number of hydrogen-bond donors (Lipinski definition) is 0. The Balaban J connectivity index is 2.30. The SMILES string of the molecule is C=C(OCC)c1ccc2c(c1)CCC2=O. The van der Waals surface area contributed by atoms with E-state index in [9.17, 15) is 4.79 Å². The molecule has 0 aliphatic heterocycles. The highest BCUT2D eigenvalue weighted by atomic mass is 16.5. The van der Waals surface area contributed by atoms with Gasteiger partial charge in [0.05, 0.1) is 6.61 Å². The lowest BCUT2D eigenvalue weighted by Crippen LogP contribution is -1.94. The number of rotatable bonds is 3. The summed E-state index contributed by atoms with van der Waals surface area (Å²) in [5.74, 6) is 0.929. The predicted molar refractivity (Wildman–Crippen MR) is 59.8 cm³/mol. The van der Waals surface area contributed by atoms with Gasteiger partial charge in [0, 0.05) is 17.5 Å². The van der Waals surface area contributed by atoms with Gasteiger partial charge in [-0.05, 0) is 25.0 Å². The monoisotopic (exact) mass is 202 g/mol. The average Bonchev–Trinajstić information content (AvgIpc) is 2.60. The van der Waals surface area contributed by atoms with E-state index in [0.29, 0.717) is 18.8 Å². The number of fused-ring (bicyclic) bond motifs is 1. The third-order valence-electron chi connectivity index (χ3n) is 2.67. The topological polar surface area (TPSA) is 26.3 Å². The van der Waals surface area contributed by atoms with Crippen molar-refractivity contribution in [1.29, 1.82) is 0 Å². The van der Waals surface area contributed by atoms with Gasteiger partial charge in [-0.2, -0.15) is 0 Å². The highest BCUT2D eigenvalue weighted by molar-refractivity contribution is 6.00. The summed E-state index contributed by atoms with van der Waals surface area (Å²) in [5.41, 5.74) is 2.96. The van der Waals surface area contributed by atoms with Crippen LogP contribution in [0, 0.1) is 0 Å². The molecule has 1 aromatic carbocycles. The fraction of sp³-hybridized carbons (Fsp3) is 0.308. The van der Waals surface area contributed by atoms with Gasteiger partial charge in [-0.3, -0.25) is 4.79 Å². The summed E-state index contributed by atoms with van der Waals surface area (Å²) in [7, 11) is 0. The zero-order chi connectivity index (χ0) is 10.8. The van der Waals surface area contributed by atoms with Crippen molar-refractivity contribution in [3.63, 3.8) is 0 Å². The van der Waals surface area contributed by atoms with Crippen molar-refractivity contribution in [2.45, 2.75) is 19.8 Å². The van der Waals surface area contributed by atoms with E-state index in [2.05, 4.69) is 6.58 Å². The van der Waals surface area contributed by atoms with Crippen LogP contribution in [-0.4, -0.2) is 12.4 Å². The van der Waals surface area contributed by atoms with Crippen molar-refractivity contribution >= 4 is 11.5 Å². The number of ketones is 1. The molecule has 0 spiro atoms. The standard InChI is InChI=1S/C13H14O2/c1-3-15-9(2)10-4-6-12-11(8-10)5-7-13(12)14/h4,6,8H,2-3,5,7H2,1H3. The molecule has 0 saturated heterocycles. The first-order valence-corrected chi connectivity index (χ1v) is 5.20. The number of benzene rings is 1. The quantitative estimate of drug-likeness (QED) is 0.704. The van der Waals surface area contributed by atoms with Crippen molar-refractivity contribution in [1.82, 2.24) is 0 Å². The second kappa shape index (κ2) is 3.89. The van der Waals surface area contributed by atoms with E-state index in [1.54, 1.807) is 0 Å². The molecule has 1 aliphatic rings. The molecule has 1 aliphatic carbocycles. The average molecular weight is 202 g/mol. The summed E-state index contributed by atoms with van der Waals surface area (Å²) in [5, 5.41) is 0. The summed E-state index contributed by atoms with van der Waals surface area (Å²) in [6.45, 7) is 6.40. The molecule has 0 amide bonds. The maximum atomic E-state index is 11.4.